The Bertz CT molecular complexity index is 1360. The van der Waals surface area contributed by atoms with Gasteiger partial charge in [0, 0.05) is 29.2 Å². The van der Waals surface area contributed by atoms with Crippen LogP contribution in [0.3, 0.4) is 0 Å². The molecule has 1 unspecified atom stereocenters. The summed E-state index contributed by atoms with van der Waals surface area (Å²) in [4.78, 5) is 27.4. The summed E-state index contributed by atoms with van der Waals surface area (Å²) in [5.41, 5.74) is 1.34. The van der Waals surface area contributed by atoms with E-state index in [0.717, 1.165) is 22.0 Å². The number of aryl methyl sites for hydroxylation is 1. The fourth-order valence-corrected chi connectivity index (χ4v) is 5.55. The van der Waals surface area contributed by atoms with Gasteiger partial charge in [0.25, 0.3) is 10.0 Å². The molecule has 0 spiro atoms. The van der Waals surface area contributed by atoms with E-state index in [0.29, 0.717) is 5.56 Å². The second kappa shape index (κ2) is 11.9. The highest BCUT2D eigenvalue weighted by atomic mass is 35.5. The van der Waals surface area contributed by atoms with Crippen LogP contribution in [-0.4, -0.2) is 44.8 Å². The molecule has 37 heavy (non-hydrogen) atoms. The smallest absolute Gasteiger partial charge is 0.264 e. The number of rotatable bonds is 9. The Labute approximate surface area is 225 Å². The zero-order valence-corrected chi connectivity index (χ0v) is 22.7. The highest BCUT2D eigenvalue weighted by Crippen LogP contribution is 2.28. The minimum absolute atomic E-state index is 0.0460. The fraction of sp³-hybridized carbons (Fsp3) is 0.231. The maximum atomic E-state index is 13.7. The molecule has 0 radical (unpaired) electrons. The summed E-state index contributed by atoms with van der Waals surface area (Å²) < 4.78 is 41.8. The van der Waals surface area contributed by atoms with E-state index in [1.807, 2.05) is 6.92 Å². The summed E-state index contributed by atoms with van der Waals surface area (Å²) in [7, 11) is -2.82. The van der Waals surface area contributed by atoms with Gasteiger partial charge < -0.3 is 10.2 Å². The number of nitrogens with zero attached hydrogens (tertiary/aromatic N) is 2. The second-order valence-corrected chi connectivity index (χ2v) is 11.0. The molecule has 3 aromatic rings. The molecule has 0 fully saturated rings. The lowest BCUT2D eigenvalue weighted by Crippen LogP contribution is -2.50. The third kappa shape index (κ3) is 6.60. The molecule has 0 saturated heterocycles. The molecule has 1 N–H and O–H groups in total. The van der Waals surface area contributed by atoms with Gasteiger partial charge in [-0.25, -0.2) is 12.8 Å². The number of likely N-dealkylation sites (N-methyl/N-ethyl adjacent to an activating group) is 1. The van der Waals surface area contributed by atoms with Crippen LogP contribution in [0.1, 0.15) is 18.1 Å². The van der Waals surface area contributed by atoms with E-state index in [9.17, 15) is 22.4 Å². The van der Waals surface area contributed by atoms with Crippen LogP contribution in [0.2, 0.25) is 10.0 Å². The molecule has 1 atom stereocenters. The van der Waals surface area contributed by atoms with Crippen LogP contribution >= 0.6 is 23.2 Å². The molecule has 3 rings (SSSR count). The zero-order chi connectivity index (χ0) is 27.3. The molecule has 0 aromatic heterocycles. The molecule has 0 saturated carbocycles. The summed E-state index contributed by atoms with van der Waals surface area (Å²) >= 11 is 12.6. The van der Waals surface area contributed by atoms with E-state index in [1.54, 1.807) is 30.3 Å². The van der Waals surface area contributed by atoms with E-state index < -0.39 is 40.2 Å². The van der Waals surface area contributed by atoms with Crippen molar-refractivity contribution in [2.24, 2.45) is 0 Å². The predicted molar refractivity (Wildman–Crippen MR) is 143 cm³/mol. The number of nitrogens with one attached hydrogen (secondary N) is 1. The van der Waals surface area contributed by atoms with Crippen LogP contribution in [0.25, 0.3) is 0 Å². The average molecular weight is 566 g/mol. The lowest BCUT2D eigenvalue weighted by molar-refractivity contribution is -0.139. The standard InChI is InChI=1S/C26H26Cl2FN3O4S/c1-17-7-13-21(14-8-17)37(35,36)32(20-11-9-19(29)10-12-20)16-25(33)31(18(2)26(34)30-3)15-22-23(27)5-4-6-24(22)28/h4-14,18H,15-16H2,1-3H3,(H,30,34). The maximum Gasteiger partial charge on any atom is 0.264 e. The minimum Gasteiger partial charge on any atom is -0.357 e. The molecule has 7 nitrogen and oxygen atoms in total. The van der Waals surface area contributed by atoms with Gasteiger partial charge in [-0.1, -0.05) is 47.0 Å². The van der Waals surface area contributed by atoms with Crippen molar-refractivity contribution in [1.29, 1.82) is 0 Å². The van der Waals surface area contributed by atoms with Crippen molar-refractivity contribution in [2.45, 2.75) is 31.3 Å². The topological polar surface area (TPSA) is 86.8 Å². The largest absolute Gasteiger partial charge is 0.357 e. The highest BCUT2D eigenvalue weighted by Gasteiger charge is 2.33. The Balaban J connectivity index is 2.06. The summed E-state index contributed by atoms with van der Waals surface area (Å²) in [6.07, 6.45) is 0. The first kappa shape index (κ1) is 28.4. The lowest BCUT2D eigenvalue weighted by Gasteiger charge is -2.32. The molecule has 2 amide bonds. The van der Waals surface area contributed by atoms with Gasteiger partial charge in [0.05, 0.1) is 10.6 Å². The Hall–Kier alpha value is -3.14. The van der Waals surface area contributed by atoms with Gasteiger partial charge >= 0.3 is 0 Å². The first-order valence-corrected chi connectivity index (χ1v) is 13.4. The molecule has 0 heterocycles. The Morgan fingerprint density at radius 2 is 1.54 bits per heavy atom. The van der Waals surface area contributed by atoms with Gasteiger partial charge in [-0.15, -0.1) is 0 Å². The monoisotopic (exact) mass is 565 g/mol. The number of benzene rings is 3. The summed E-state index contributed by atoms with van der Waals surface area (Å²) in [5.74, 6) is -1.72. The van der Waals surface area contributed by atoms with Crippen molar-refractivity contribution in [1.82, 2.24) is 10.2 Å². The van der Waals surface area contributed by atoms with Crippen molar-refractivity contribution in [3.8, 4) is 0 Å². The molecule has 0 bridgehead atoms. The van der Waals surface area contributed by atoms with Gasteiger partial charge in [0.15, 0.2) is 0 Å². The number of sulfonamides is 1. The number of halogens is 3. The minimum atomic E-state index is -4.24. The second-order valence-electron chi connectivity index (χ2n) is 8.31. The number of carbonyl (C=O) groups is 2. The Morgan fingerprint density at radius 3 is 2.08 bits per heavy atom. The van der Waals surface area contributed by atoms with E-state index in [1.165, 1.54) is 43.1 Å². The van der Waals surface area contributed by atoms with Crippen LogP contribution in [-0.2, 0) is 26.2 Å². The molecule has 0 aliphatic carbocycles. The predicted octanol–water partition coefficient (Wildman–Crippen LogP) is 4.80. The number of hydrogen-bond acceptors (Lipinski definition) is 4. The molecule has 11 heteroatoms. The average Bonchev–Trinajstić information content (AvgIpc) is 2.87. The lowest BCUT2D eigenvalue weighted by atomic mass is 10.1. The third-order valence-corrected chi connectivity index (χ3v) is 8.30. The first-order valence-electron chi connectivity index (χ1n) is 11.2. The van der Waals surface area contributed by atoms with Gasteiger partial charge in [-0.3, -0.25) is 13.9 Å². The maximum absolute atomic E-state index is 13.7. The molecular formula is C26H26Cl2FN3O4S. The molecular weight excluding hydrogens is 540 g/mol. The van der Waals surface area contributed by atoms with Crippen molar-refractivity contribution in [2.75, 3.05) is 17.9 Å². The molecule has 0 aliphatic heterocycles. The summed E-state index contributed by atoms with van der Waals surface area (Å²) in [6.45, 7) is 2.52. The molecule has 196 valence electrons. The van der Waals surface area contributed by atoms with Crippen molar-refractivity contribution < 1.29 is 22.4 Å². The first-order chi connectivity index (χ1) is 17.4. The number of carbonyl (C=O) groups excluding carboxylic acids is 2. The van der Waals surface area contributed by atoms with Crippen LogP contribution in [0, 0.1) is 12.7 Å². The van der Waals surface area contributed by atoms with E-state index in [-0.39, 0.29) is 27.2 Å². The van der Waals surface area contributed by atoms with Gasteiger partial charge in [-0.05, 0) is 62.4 Å². The van der Waals surface area contributed by atoms with E-state index in [4.69, 9.17) is 23.2 Å². The van der Waals surface area contributed by atoms with Crippen molar-refractivity contribution in [3.05, 3.63) is 93.7 Å². The number of anilines is 1. The quantitative estimate of drug-likeness (QED) is 0.403. The van der Waals surface area contributed by atoms with Gasteiger partial charge in [-0.2, -0.15) is 0 Å². The summed E-state index contributed by atoms with van der Waals surface area (Å²) in [6, 6.07) is 14.7. The Kier molecular flexibility index (Phi) is 9.17. The molecule has 3 aromatic carbocycles. The van der Waals surface area contributed by atoms with Crippen LogP contribution in [0.15, 0.2) is 71.6 Å². The fourth-order valence-electron chi connectivity index (χ4n) is 3.62. The highest BCUT2D eigenvalue weighted by molar-refractivity contribution is 7.92. The van der Waals surface area contributed by atoms with Crippen LogP contribution < -0.4 is 9.62 Å². The molecule has 0 aliphatic rings. The number of amides is 2. The van der Waals surface area contributed by atoms with Gasteiger partial charge in [0.2, 0.25) is 11.8 Å². The SMILES string of the molecule is CNC(=O)C(C)N(Cc1c(Cl)cccc1Cl)C(=O)CN(c1ccc(F)cc1)S(=O)(=O)c1ccc(C)cc1. The van der Waals surface area contributed by atoms with Crippen molar-refractivity contribution >= 4 is 50.7 Å². The van der Waals surface area contributed by atoms with Crippen molar-refractivity contribution in [3.63, 3.8) is 0 Å². The van der Waals surface area contributed by atoms with Crippen LogP contribution in [0.4, 0.5) is 10.1 Å². The zero-order valence-electron chi connectivity index (χ0n) is 20.4. The normalized spacial score (nSPS) is 12.1. The Morgan fingerprint density at radius 1 is 0.973 bits per heavy atom. The van der Waals surface area contributed by atoms with E-state index in [2.05, 4.69) is 5.32 Å². The third-order valence-electron chi connectivity index (χ3n) is 5.81. The summed E-state index contributed by atoms with van der Waals surface area (Å²) in [5, 5.41) is 3.07. The van der Waals surface area contributed by atoms with Crippen LogP contribution in [0.5, 0.6) is 0 Å². The number of hydrogen-bond donors (Lipinski definition) is 1. The van der Waals surface area contributed by atoms with Gasteiger partial charge in [0.1, 0.15) is 18.4 Å². The van der Waals surface area contributed by atoms with E-state index >= 15 is 0 Å².